The molecular formula is C23H26N4O2S. The van der Waals surface area contributed by atoms with E-state index in [0.717, 1.165) is 42.3 Å². The van der Waals surface area contributed by atoms with E-state index < -0.39 is 0 Å². The van der Waals surface area contributed by atoms with Crippen LogP contribution in [0.5, 0.6) is 5.75 Å². The first kappa shape index (κ1) is 20.5. The zero-order chi connectivity index (χ0) is 20.9. The van der Waals surface area contributed by atoms with Crippen molar-refractivity contribution in [1.82, 2.24) is 14.7 Å². The lowest BCUT2D eigenvalue weighted by Crippen LogP contribution is -2.32. The van der Waals surface area contributed by atoms with Gasteiger partial charge >= 0.3 is 0 Å². The van der Waals surface area contributed by atoms with Gasteiger partial charge in [0.25, 0.3) is 5.91 Å². The molecule has 1 aromatic heterocycles. The molecule has 2 aromatic carbocycles. The maximum absolute atomic E-state index is 12.8. The van der Waals surface area contributed by atoms with Gasteiger partial charge in [0.05, 0.1) is 12.8 Å². The summed E-state index contributed by atoms with van der Waals surface area (Å²) in [5.74, 6) is 2.94. The summed E-state index contributed by atoms with van der Waals surface area (Å²) in [6.07, 6.45) is 1.79. The van der Waals surface area contributed by atoms with Crippen LogP contribution in [-0.2, 0) is 6.54 Å². The van der Waals surface area contributed by atoms with Crippen molar-refractivity contribution in [2.24, 2.45) is 0 Å². The predicted octanol–water partition coefficient (Wildman–Crippen LogP) is 3.99. The van der Waals surface area contributed by atoms with E-state index in [1.807, 2.05) is 48.2 Å². The molecular weight excluding hydrogens is 396 g/mol. The fraction of sp³-hybridized carbons (Fsp3) is 0.304. The molecule has 2 heterocycles. The van der Waals surface area contributed by atoms with Crippen LogP contribution in [0, 0.1) is 6.92 Å². The summed E-state index contributed by atoms with van der Waals surface area (Å²) < 4.78 is 6.87. The van der Waals surface area contributed by atoms with E-state index in [0.29, 0.717) is 5.69 Å². The van der Waals surface area contributed by atoms with E-state index >= 15 is 0 Å². The smallest absolute Gasteiger partial charge is 0.276 e. The number of aromatic nitrogens is 2. The highest BCUT2D eigenvalue weighted by molar-refractivity contribution is 7.99. The monoisotopic (exact) mass is 422 g/mol. The van der Waals surface area contributed by atoms with Crippen LogP contribution < -0.4 is 10.1 Å². The highest BCUT2D eigenvalue weighted by Crippen LogP contribution is 2.22. The number of methoxy groups -OCH3 is 1. The lowest BCUT2D eigenvalue weighted by molar-refractivity contribution is 0.102. The van der Waals surface area contributed by atoms with Crippen LogP contribution in [0.3, 0.4) is 0 Å². The molecule has 4 rings (SSSR count). The number of amides is 1. The summed E-state index contributed by atoms with van der Waals surface area (Å²) in [7, 11) is 1.63. The predicted molar refractivity (Wildman–Crippen MR) is 122 cm³/mol. The van der Waals surface area contributed by atoms with Gasteiger partial charge in [0.15, 0.2) is 5.69 Å². The number of nitrogens with one attached hydrogen (secondary N) is 1. The first-order valence-electron chi connectivity index (χ1n) is 10.0. The maximum atomic E-state index is 12.8. The number of thioether (sulfide) groups is 1. The fourth-order valence-electron chi connectivity index (χ4n) is 3.50. The van der Waals surface area contributed by atoms with Crippen molar-refractivity contribution < 1.29 is 9.53 Å². The number of anilines is 1. The summed E-state index contributed by atoms with van der Waals surface area (Å²) in [5.41, 5.74) is 4.45. The van der Waals surface area contributed by atoms with Gasteiger partial charge in [-0.15, -0.1) is 0 Å². The molecule has 1 saturated heterocycles. The number of hydrogen-bond donors (Lipinski definition) is 1. The number of nitrogens with zero attached hydrogens (tertiary/aromatic N) is 3. The van der Waals surface area contributed by atoms with Crippen LogP contribution in [0.25, 0.3) is 5.69 Å². The minimum atomic E-state index is -0.211. The second kappa shape index (κ2) is 9.36. The van der Waals surface area contributed by atoms with Crippen LogP contribution in [0.15, 0.2) is 54.7 Å². The van der Waals surface area contributed by atoms with Gasteiger partial charge in [-0.1, -0.05) is 12.1 Å². The molecule has 1 fully saturated rings. The molecule has 3 aromatic rings. The molecule has 0 bridgehead atoms. The van der Waals surface area contributed by atoms with Crippen LogP contribution in [0.1, 0.15) is 21.6 Å². The molecule has 0 unspecified atom stereocenters. The average Bonchev–Trinajstić information content (AvgIpc) is 3.28. The third-order valence-corrected chi connectivity index (χ3v) is 6.29. The average molecular weight is 423 g/mol. The lowest BCUT2D eigenvalue weighted by Gasteiger charge is -2.27. The number of ether oxygens (including phenoxy) is 1. The molecule has 30 heavy (non-hydrogen) atoms. The first-order valence-corrected chi connectivity index (χ1v) is 11.2. The molecule has 156 valence electrons. The largest absolute Gasteiger partial charge is 0.497 e. The minimum Gasteiger partial charge on any atom is -0.497 e. The number of rotatable bonds is 6. The van der Waals surface area contributed by atoms with Crippen molar-refractivity contribution in [2.75, 3.05) is 37.0 Å². The zero-order valence-electron chi connectivity index (χ0n) is 17.3. The summed E-state index contributed by atoms with van der Waals surface area (Å²) >= 11 is 2.01. The van der Waals surface area contributed by atoms with Gasteiger partial charge in [-0.25, -0.2) is 4.68 Å². The molecule has 1 amide bonds. The first-order chi connectivity index (χ1) is 14.6. The standard InChI is InChI=1S/C23H26N4O2S/c1-17-18(16-26-12-14-30-15-13-26)4-3-5-21(17)24-23(28)22-10-11-27(25-22)19-6-8-20(29-2)9-7-19/h3-11H,12-16H2,1-2H3,(H,24,28). The second-order valence-electron chi connectivity index (χ2n) is 7.28. The van der Waals surface area contributed by atoms with Crippen molar-refractivity contribution in [3.8, 4) is 11.4 Å². The molecule has 0 aliphatic carbocycles. The van der Waals surface area contributed by atoms with E-state index in [9.17, 15) is 4.79 Å². The van der Waals surface area contributed by atoms with E-state index in [2.05, 4.69) is 28.3 Å². The normalized spacial score (nSPS) is 14.5. The molecule has 1 aliphatic rings. The maximum Gasteiger partial charge on any atom is 0.276 e. The van der Waals surface area contributed by atoms with E-state index in [1.165, 1.54) is 17.1 Å². The van der Waals surface area contributed by atoms with Crippen molar-refractivity contribution in [1.29, 1.82) is 0 Å². The van der Waals surface area contributed by atoms with Crippen molar-refractivity contribution >= 4 is 23.4 Å². The third-order valence-electron chi connectivity index (χ3n) is 5.35. The molecule has 7 heteroatoms. The molecule has 0 atom stereocenters. The zero-order valence-corrected chi connectivity index (χ0v) is 18.1. The van der Waals surface area contributed by atoms with Gasteiger partial charge in [0.1, 0.15) is 5.75 Å². The quantitative estimate of drug-likeness (QED) is 0.651. The Morgan fingerprint density at radius 2 is 1.90 bits per heavy atom. The lowest BCUT2D eigenvalue weighted by atomic mass is 10.1. The Morgan fingerprint density at radius 1 is 1.13 bits per heavy atom. The van der Waals surface area contributed by atoms with Gasteiger partial charge in [0.2, 0.25) is 0 Å². The molecule has 0 radical (unpaired) electrons. The number of benzene rings is 2. The van der Waals surface area contributed by atoms with Crippen LogP contribution in [0.2, 0.25) is 0 Å². The van der Waals surface area contributed by atoms with Crippen LogP contribution >= 0.6 is 11.8 Å². The van der Waals surface area contributed by atoms with Gasteiger partial charge in [-0.3, -0.25) is 9.69 Å². The van der Waals surface area contributed by atoms with Crippen LogP contribution in [0.4, 0.5) is 5.69 Å². The van der Waals surface area contributed by atoms with Crippen molar-refractivity contribution in [3.63, 3.8) is 0 Å². The Balaban J connectivity index is 1.46. The summed E-state index contributed by atoms with van der Waals surface area (Å²) in [6.45, 7) is 5.22. The molecule has 1 aliphatic heterocycles. The Labute approximate surface area is 181 Å². The Hall–Kier alpha value is -2.77. The molecule has 1 N–H and O–H groups in total. The molecule has 0 spiro atoms. The summed E-state index contributed by atoms with van der Waals surface area (Å²) in [4.78, 5) is 15.3. The van der Waals surface area contributed by atoms with E-state index in [-0.39, 0.29) is 5.91 Å². The summed E-state index contributed by atoms with van der Waals surface area (Å²) in [5, 5.41) is 7.46. The SMILES string of the molecule is COc1ccc(-n2ccc(C(=O)Nc3cccc(CN4CCSCC4)c3C)n2)cc1. The molecule has 6 nitrogen and oxygen atoms in total. The fourth-order valence-corrected chi connectivity index (χ4v) is 4.48. The molecule has 0 saturated carbocycles. The van der Waals surface area contributed by atoms with E-state index in [1.54, 1.807) is 24.1 Å². The highest BCUT2D eigenvalue weighted by Gasteiger charge is 2.15. The van der Waals surface area contributed by atoms with Crippen LogP contribution in [-0.4, -0.2) is 52.3 Å². The van der Waals surface area contributed by atoms with Gasteiger partial charge in [0, 0.05) is 43.0 Å². The Kier molecular flexibility index (Phi) is 6.40. The second-order valence-corrected chi connectivity index (χ2v) is 8.50. The Bertz CT molecular complexity index is 1010. The Morgan fingerprint density at radius 3 is 2.63 bits per heavy atom. The highest BCUT2D eigenvalue weighted by atomic mass is 32.2. The van der Waals surface area contributed by atoms with Crippen molar-refractivity contribution in [2.45, 2.75) is 13.5 Å². The van der Waals surface area contributed by atoms with Gasteiger partial charge < -0.3 is 10.1 Å². The topological polar surface area (TPSA) is 59.4 Å². The number of carbonyl (C=O) groups is 1. The van der Waals surface area contributed by atoms with Crippen molar-refractivity contribution in [3.05, 3.63) is 71.5 Å². The third kappa shape index (κ3) is 4.68. The van der Waals surface area contributed by atoms with Gasteiger partial charge in [-0.2, -0.15) is 16.9 Å². The number of carbonyl (C=O) groups excluding carboxylic acids is 1. The van der Waals surface area contributed by atoms with E-state index in [4.69, 9.17) is 4.74 Å². The van der Waals surface area contributed by atoms with Gasteiger partial charge in [-0.05, 0) is 54.4 Å². The minimum absolute atomic E-state index is 0.211. The number of hydrogen-bond acceptors (Lipinski definition) is 5. The summed E-state index contributed by atoms with van der Waals surface area (Å²) in [6, 6.07) is 15.4.